The fourth-order valence-corrected chi connectivity index (χ4v) is 5.86. The lowest BCUT2D eigenvalue weighted by molar-refractivity contribution is -0.143. The van der Waals surface area contributed by atoms with E-state index < -0.39 is 53.3 Å². The summed E-state index contributed by atoms with van der Waals surface area (Å²) < 4.78 is 129. The Bertz CT molecular complexity index is 1690. The van der Waals surface area contributed by atoms with Gasteiger partial charge < -0.3 is 19.3 Å². The SMILES string of the molecule is COc1cc(/C=C2/SC(N3CCN(c4ccc(C(F)(F)F)cc4)CC3)=NC2=O)ccc1OCc1ccc(C(F)(F)F)cc1C(F)(F)F. The average Bonchev–Trinajstić information content (AvgIpc) is 3.38. The number of hydrogen-bond donors (Lipinski definition) is 0. The van der Waals surface area contributed by atoms with Crippen molar-refractivity contribution in [1.29, 1.82) is 0 Å². The Morgan fingerprint density at radius 3 is 1.98 bits per heavy atom. The molecule has 1 amide bonds. The van der Waals surface area contributed by atoms with Gasteiger partial charge in [-0.2, -0.15) is 44.5 Å². The molecule has 2 aliphatic heterocycles. The summed E-state index contributed by atoms with van der Waals surface area (Å²) in [6.45, 7) is 1.24. The molecular formula is C31H24F9N3O3S. The van der Waals surface area contributed by atoms with E-state index in [9.17, 15) is 44.3 Å². The second kappa shape index (κ2) is 13.0. The number of thioether (sulfide) groups is 1. The van der Waals surface area contributed by atoms with Gasteiger partial charge in [0.25, 0.3) is 5.91 Å². The van der Waals surface area contributed by atoms with Crippen molar-refractivity contribution in [3.8, 4) is 11.5 Å². The van der Waals surface area contributed by atoms with Gasteiger partial charge in [-0.25, -0.2) is 0 Å². The molecule has 47 heavy (non-hydrogen) atoms. The Morgan fingerprint density at radius 2 is 1.38 bits per heavy atom. The number of amides is 1. The maximum atomic E-state index is 13.5. The number of amidine groups is 1. The fraction of sp³-hybridized carbons (Fsp3) is 0.290. The Morgan fingerprint density at radius 1 is 0.766 bits per heavy atom. The molecule has 0 radical (unpaired) electrons. The molecule has 2 aliphatic rings. The van der Waals surface area contributed by atoms with Gasteiger partial charge in [-0.05, 0) is 71.9 Å². The van der Waals surface area contributed by atoms with Crippen molar-refractivity contribution in [1.82, 2.24) is 4.90 Å². The van der Waals surface area contributed by atoms with E-state index in [0.717, 1.165) is 23.9 Å². The number of halogens is 9. The summed E-state index contributed by atoms with van der Waals surface area (Å²) in [5.41, 5.74) is -3.00. The van der Waals surface area contributed by atoms with E-state index in [2.05, 4.69) is 4.99 Å². The number of hydrogen-bond acceptors (Lipinski definition) is 6. The van der Waals surface area contributed by atoms with E-state index in [1.165, 1.54) is 37.4 Å². The number of carbonyl (C=O) groups excluding carboxylic acids is 1. The summed E-state index contributed by atoms with van der Waals surface area (Å²) in [4.78, 5) is 21.0. The Labute approximate surface area is 266 Å². The lowest BCUT2D eigenvalue weighted by Gasteiger charge is -2.36. The van der Waals surface area contributed by atoms with Gasteiger partial charge >= 0.3 is 18.5 Å². The zero-order valence-electron chi connectivity index (χ0n) is 24.3. The van der Waals surface area contributed by atoms with Crippen LogP contribution < -0.4 is 14.4 Å². The van der Waals surface area contributed by atoms with Crippen molar-refractivity contribution in [2.75, 3.05) is 38.2 Å². The molecule has 0 unspecified atom stereocenters. The first-order valence-corrected chi connectivity index (χ1v) is 14.6. The van der Waals surface area contributed by atoms with Crippen molar-refractivity contribution < 1.29 is 53.8 Å². The van der Waals surface area contributed by atoms with Gasteiger partial charge in [-0.15, -0.1) is 0 Å². The van der Waals surface area contributed by atoms with E-state index in [1.807, 2.05) is 9.80 Å². The molecule has 2 heterocycles. The van der Waals surface area contributed by atoms with Gasteiger partial charge in [-0.3, -0.25) is 4.79 Å². The maximum Gasteiger partial charge on any atom is 0.416 e. The number of anilines is 1. The zero-order chi connectivity index (χ0) is 34.1. The first kappa shape index (κ1) is 34.0. The molecule has 0 bridgehead atoms. The number of methoxy groups -OCH3 is 1. The number of benzene rings is 3. The predicted octanol–water partition coefficient (Wildman–Crippen LogP) is 8.12. The standard InChI is InChI=1S/C31H24F9N3O3S/c1-45-25-14-18(2-9-24(25)46-17-19-3-4-21(30(35,36)37)16-23(19)31(38,39)40)15-26-27(44)41-28(47-26)43-12-10-42(11-13-43)22-7-5-20(6-8-22)29(32,33)34/h2-9,14-16H,10-13,17H2,1H3/b26-15+. The van der Waals surface area contributed by atoms with Crippen molar-refractivity contribution in [3.05, 3.63) is 93.4 Å². The largest absolute Gasteiger partial charge is 0.493 e. The minimum atomic E-state index is -5.05. The van der Waals surface area contributed by atoms with Gasteiger partial charge in [0.1, 0.15) is 6.61 Å². The number of aliphatic imine (C=N–C) groups is 1. The van der Waals surface area contributed by atoms with E-state index in [-0.39, 0.29) is 17.6 Å². The van der Waals surface area contributed by atoms with Crippen LogP contribution in [0.3, 0.4) is 0 Å². The number of ether oxygens (including phenoxy) is 2. The molecule has 0 saturated carbocycles. The quantitative estimate of drug-likeness (QED) is 0.193. The van der Waals surface area contributed by atoms with E-state index >= 15 is 0 Å². The van der Waals surface area contributed by atoms with Crippen molar-refractivity contribution in [3.63, 3.8) is 0 Å². The van der Waals surface area contributed by atoms with Crippen LogP contribution in [0, 0.1) is 0 Å². The topological polar surface area (TPSA) is 54.4 Å². The van der Waals surface area contributed by atoms with Crippen molar-refractivity contribution >= 4 is 34.6 Å². The average molecular weight is 690 g/mol. The molecule has 0 N–H and O–H groups in total. The van der Waals surface area contributed by atoms with Crippen LogP contribution in [0.1, 0.15) is 27.8 Å². The van der Waals surface area contributed by atoms with Crippen LogP contribution in [0.2, 0.25) is 0 Å². The second-order valence-corrected chi connectivity index (χ2v) is 11.4. The summed E-state index contributed by atoms with van der Waals surface area (Å²) in [7, 11) is 1.29. The minimum absolute atomic E-state index is 0.0240. The van der Waals surface area contributed by atoms with Gasteiger partial charge in [0.15, 0.2) is 16.7 Å². The highest BCUT2D eigenvalue weighted by Crippen LogP contribution is 2.39. The van der Waals surface area contributed by atoms with E-state index in [4.69, 9.17) is 9.47 Å². The lowest BCUT2D eigenvalue weighted by Crippen LogP contribution is -2.47. The van der Waals surface area contributed by atoms with Gasteiger partial charge in [0, 0.05) is 37.4 Å². The third-order valence-corrected chi connectivity index (χ3v) is 8.37. The third-order valence-electron chi connectivity index (χ3n) is 7.33. The van der Waals surface area contributed by atoms with Crippen molar-refractivity contribution in [2.45, 2.75) is 25.1 Å². The number of rotatable bonds is 6. The molecule has 16 heteroatoms. The number of nitrogens with zero attached hydrogens (tertiary/aromatic N) is 3. The molecule has 250 valence electrons. The Balaban J connectivity index is 1.22. The molecule has 6 nitrogen and oxygen atoms in total. The second-order valence-electron chi connectivity index (χ2n) is 10.4. The van der Waals surface area contributed by atoms with E-state index in [1.54, 1.807) is 6.08 Å². The Hall–Kier alpha value is -4.34. The molecule has 3 aromatic carbocycles. The Kier molecular flexibility index (Phi) is 9.44. The first-order valence-electron chi connectivity index (χ1n) is 13.8. The summed E-state index contributed by atoms with van der Waals surface area (Å²) in [5, 5.41) is 0.470. The lowest BCUT2D eigenvalue weighted by atomic mass is 10.0. The maximum absolute atomic E-state index is 13.5. The number of carbonyl (C=O) groups is 1. The van der Waals surface area contributed by atoms with Gasteiger partial charge in [0.2, 0.25) is 0 Å². The first-order chi connectivity index (χ1) is 22.0. The normalized spacial score (nSPS) is 16.9. The smallest absolute Gasteiger partial charge is 0.416 e. The molecule has 5 rings (SSSR count). The van der Waals surface area contributed by atoms with E-state index in [0.29, 0.717) is 59.6 Å². The third kappa shape index (κ3) is 7.97. The fourth-order valence-electron chi connectivity index (χ4n) is 4.89. The highest BCUT2D eigenvalue weighted by Gasteiger charge is 2.38. The zero-order valence-corrected chi connectivity index (χ0v) is 25.1. The summed E-state index contributed by atoms with van der Waals surface area (Å²) in [6, 6.07) is 10.6. The van der Waals surface area contributed by atoms with Gasteiger partial charge in [-0.1, -0.05) is 12.1 Å². The molecule has 0 aliphatic carbocycles. The monoisotopic (exact) mass is 689 g/mol. The minimum Gasteiger partial charge on any atom is -0.493 e. The summed E-state index contributed by atoms with van der Waals surface area (Å²) in [5.74, 6) is -0.358. The van der Waals surface area contributed by atoms with Crippen LogP contribution >= 0.6 is 11.8 Å². The number of piperazine rings is 1. The highest BCUT2D eigenvalue weighted by molar-refractivity contribution is 8.18. The molecular weight excluding hydrogens is 665 g/mol. The molecule has 1 saturated heterocycles. The van der Waals surface area contributed by atoms with Crippen LogP contribution in [-0.2, 0) is 29.9 Å². The van der Waals surface area contributed by atoms with Crippen LogP contribution in [0.15, 0.2) is 70.6 Å². The van der Waals surface area contributed by atoms with Crippen LogP contribution in [0.25, 0.3) is 6.08 Å². The predicted molar refractivity (Wildman–Crippen MR) is 157 cm³/mol. The van der Waals surface area contributed by atoms with Crippen LogP contribution in [-0.4, -0.2) is 49.3 Å². The van der Waals surface area contributed by atoms with Crippen LogP contribution in [0.4, 0.5) is 45.2 Å². The summed E-state index contributed by atoms with van der Waals surface area (Å²) in [6.07, 6.45) is -12.9. The molecule has 0 atom stereocenters. The molecule has 0 aromatic heterocycles. The molecule has 1 fully saturated rings. The highest BCUT2D eigenvalue weighted by atomic mass is 32.2. The molecule has 0 spiro atoms. The summed E-state index contributed by atoms with van der Waals surface area (Å²) >= 11 is 1.14. The van der Waals surface area contributed by atoms with Crippen LogP contribution in [0.5, 0.6) is 11.5 Å². The number of alkyl halides is 9. The molecule has 3 aromatic rings. The van der Waals surface area contributed by atoms with Gasteiger partial charge in [0.05, 0.1) is 28.7 Å². The van der Waals surface area contributed by atoms with Crippen molar-refractivity contribution in [2.24, 2.45) is 4.99 Å².